The highest BCUT2D eigenvalue weighted by Gasteiger charge is 2.25. The molecule has 4 rings (SSSR count). The molecule has 0 bridgehead atoms. The summed E-state index contributed by atoms with van der Waals surface area (Å²) in [6.45, 7) is 4.65. The van der Waals surface area contributed by atoms with Gasteiger partial charge < -0.3 is 14.2 Å². The maximum absolute atomic E-state index is 12.5. The summed E-state index contributed by atoms with van der Waals surface area (Å²) >= 11 is 0. The summed E-state index contributed by atoms with van der Waals surface area (Å²) in [4.78, 5) is 12.5. The van der Waals surface area contributed by atoms with Crippen molar-refractivity contribution in [2.75, 3.05) is 13.7 Å². The number of nitrogens with zero attached hydrogens (tertiary/aromatic N) is 3. The van der Waals surface area contributed by atoms with Gasteiger partial charge in [-0.15, -0.1) is 5.10 Å². The number of carbonyl (C=O) groups is 1. The van der Waals surface area contributed by atoms with Crippen LogP contribution >= 0.6 is 0 Å². The fourth-order valence-electron chi connectivity index (χ4n) is 4.38. The zero-order valence-corrected chi connectivity index (χ0v) is 19.5. The van der Waals surface area contributed by atoms with Crippen LogP contribution in [-0.4, -0.2) is 34.7 Å². The SMILES string of the molecule is CCCC1CCc2ccc(Oc3c(C(=O)OCC)nnn3Cc3ccc(OC)cc3)cc2C1. The van der Waals surface area contributed by atoms with E-state index in [4.69, 9.17) is 14.2 Å². The molecule has 1 atom stereocenters. The van der Waals surface area contributed by atoms with Crippen LogP contribution in [0.5, 0.6) is 17.4 Å². The Kier molecular flexibility index (Phi) is 7.27. The van der Waals surface area contributed by atoms with E-state index in [9.17, 15) is 4.79 Å². The molecule has 0 fully saturated rings. The molecule has 7 nitrogen and oxygen atoms in total. The maximum Gasteiger partial charge on any atom is 0.364 e. The number of carbonyl (C=O) groups excluding carboxylic acids is 1. The Morgan fingerprint density at radius 3 is 2.61 bits per heavy atom. The zero-order chi connectivity index (χ0) is 23.2. The molecule has 174 valence electrons. The Morgan fingerprint density at radius 1 is 1.09 bits per heavy atom. The van der Waals surface area contributed by atoms with Gasteiger partial charge in [0.1, 0.15) is 11.5 Å². The Balaban J connectivity index is 1.62. The van der Waals surface area contributed by atoms with Crippen LogP contribution < -0.4 is 9.47 Å². The van der Waals surface area contributed by atoms with E-state index in [1.54, 1.807) is 18.7 Å². The lowest BCUT2D eigenvalue weighted by Crippen LogP contribution is -2.14. The molecule has 0 saturated heterocycles. The molecule has 1 aliphatic rings. The van der Waals surface area contributed by atoms with Crippen LogP contribution in [0.15, 0.2) is 42.5 Å². The van der Waals surface area contributed by atoms with Crippen molar-refractivity contribution < 1.29 is 19.0 Å². The van der Waals surface area contributed by atoms with E-state index >= 15 is 0 Å². The van der Waals surface area contributed by atoms with Crippen LogP contribution in [0.3, 0.4) is 0 Å². The lowest BCUT2D eigenvalue weighted by Gasteiger charge is -2.24. The summed E-state index contributed by atoms with van der Waals surface area (Å²) in [6.07, 6.45) is 5.86. The predicted molar refractivity (Wildman–Crippen MR) is 125 cm³/mol. The molecule has 1 aromatic heterocycles. The maximum atomic E-state index is 12.5. The normalized spacial score (nSPS) is 15.1. The van der Waals surface area contributed by atoms with E-state index in [0.29, 0.717) is 12.3 Å². The Bertz CT molecular complexity index is 1090. The lowest BCUT2D eigenvalue weighted by molar-refractivity contribution is 0.0516. The number of benzene rings is 2. The first-order valence-electron chi connectivity index (χ1n) is 11.6. The monoisotopic (exact) mass is 449 g/mol. The average Bonchev–Trinajstić information content (AvgIpc) is 3.21. The molecular formula is C26H31N3O4. The third kappa shape index (κ3) is 5.35. The van der Waals surface area contributed by atoms with Crippen molar-refractivity contribution in [1.82, 2.24) is 15.0 Å². The van der Waals surface area contributed by atoms with Crippen LogP contribution in [0, 0.1) is 5.92 Å². The first-order valence-corrected chi connectivity index (χ1v) is 11.6. The summed E-state index contributed by atoms with van der Waals surface area (Å²) in [7, 11) is 1.63. The quantitative estimate of drug-likeness (QED) is 0.418. The number of aryl methyl sites for hydroxylation is 1. The first kappa shape index (κ1) is 22.8. The van der Waals surface area contributed by atoms with E-state index in [2.05, 4.69) is 29.4 Å². The van der Waals surface area contributed by atoms with E-state index in [-0.39, 0.29) is 18.2 Å². The van der Waals surface area contributed by atoms with Crippen molar-refractivity contribution in [3.05, 3.63) is 64.8 Å². The van der Waals surface area contributed by atoms with Crippen LogP contribution in [0.2, 0.25) is 0 Å². The van der Waals surface area contributed by atoms with E-state index in [0.717, 1.165) is 30.1 Å². The van der Waals surface area contributed by atoms with Gasteiger partial charge in [-0.2, -0.15) is 0 Å². The van der Waals surface area contributed by atoms with Gasteiger partial charge in [-0.3, -0.25) is 0 Å². The molecule has 2 aromatic carbocycles. The van der Waals surface area contributed by atoms with Crippen molar-refractivity contribution in [2.24, 2.45) is 5.92 Å². The Labute approximate surface area is 194 Å². The number of aromatic nitrogens is 3. The zero-order valence-electron chi connectivity index (χ0n) is 19.5. The molecule has 0 saturated carbocycles. The fraction of sp³-hybridized carbons (Fsp3) is 0.423. The first-order chi connectivity index (χ1) is 16.1. The number of hydrogen-bond acceptors (Lipinski definition) is 6. The number of esters is 1. The molecule has 33 heavy (non-hydrogen) atoms. The van der Waals surface area contributed by atoms with Crippen LogP contribution in [0.25, 0.3) is 0 Å². The third-order valence-corrected chi connectivity index (χ3v) is 6.07. The van der Waals surface area contributed by atoms with E-state index < -0.39 is 5.97 Å². The highest BCUT2D eigenvalue weighted by atomic mass is 16.5. The topological polar surface area (TPSA) is 75.5 Å². The van der Waals surface area contributed by atoms with Gasteiger partial charge in [0.2, 0.25) is 5.69 Å². The van der Waals surface area contributed by atoms with Crippen LogP contribution in [0.4, 0.5) is 0 Å². The number of rotatable bonds is 9. The van der Waals surface area contributed by atoms with Crippen molar-refractivity contribution in [2.45, 2.75) is 52.5 Å². The summed E-state index contributed by atoms with van der Waals surface area (Å²) in [5.41, 5.74) is 3.76. The van der Waals surface area contributed by atoms with Crippen molar-refractivity contribution in [3.63, 3.8) is 0 Å². The van der Waals surface area contributed by atoms with Gasteiger partial charge >= 0.3 is 5.97 Å². The number of hydrogen-bond donors (Lipinski definition) is 0. The largest absolute Gasteiger partial charge is 0.497 e. The molecule has 0 radical (unpaired) electrons. The molecule has 3 aromatic rings. The van der Waals surface area contributed by atoms with E-state index in [1.165, 1.54) is 30.4 Å². The second-order valence-corrected chi connectivity index (χ2v) is 8.40. The molecule has 1 heterocycles. The van der Waals surface area contributed by atoms with Crippen molar-refractivity contribution in [3.8, 4) is 17.4 Å². The highest BCUT2D eigenvalue weighted by Crippen LogP contribution is 2.33. The third-order valence-electron chi connectivity index (χ3n) is 6.07. The van der Waals surface area contributed by atoms with Gasteiger partial charge in [-0.25, -0.2) is 9.48 Å². The molecule has 0 spiro atoms. The average molecular weight is 450 g/mol. The minimum Gasteiger partial charge on any atom is -0.497 e. The minimum atomic E-state index is -0.547. The minimum absolute atomic E-state index is 0.0759. The molecule has 1 aliphatic carbocycles. The van der Waals surface area contributed by atoms with E-state index in [1.807, 2.05) is 30.3 Å². The summed E-state index contributed by atoms with van der Waals surface area (Å²) in [6, 6.07) is 13.8. The summed E-state index contributed by atoms with van der Waals surface area (Å²) in [5.74, 6) is 1.90. The van der Waals surface area contributed by atoms with Crippen molar-refractivity contribution >= 4 is 5.97 Å². The molecule has 0 aliphatic heterocycles. The standard InChI is InChI=1S/C26H31N3O4/c1-4-6-18-7-10-20-11-14-23(16-21(20)15-18)33-25-24(26(30)32-5-2)27-28-29(25)17-19-8-12-22(31-3)13-9-19/h8-9,11-14,16,18H,4-7,10,15,17H2,1-3H3. The summed E-state index contributed by atoms with van der Waals surface area (Å²) < 4.78 is 18.2. The number of fused-ring (bicyclic) bond motifs is 1. The van der Waals surface area contributed by atoms with Gasteiger partial charge in [0.05, 0.1) is 20.3 Å². The molecule has 7 heteroatoms. The van der Waals surface area contributed by atoms with Gasteiger partial charge in [0.15, 0.2) is 0 Å². The van der Waals surface area contributed by atoms with Crippen LogP contribution in [0.1, 0.15) is 60.3 Å². The second-order valence-electron chi connectivity index (χ2n) is 8.40. The molecule has 0 amide bonds. The molecular weight excluding hydrogens is 418 g/mol. The van der Waals surface area contributed by atoms with Gasteiger partial charge in [0, 0.05) is 0 Å². The molecule has 0 N–H and O–H groups in total. The molecule has 1 unspecified atom stereocenters. The highest BCUT2D eigenvalue weighted by molar-refractivity contribution is 5.89. The van der Waals surface area contributed by atoms with Crippen LogP contribution in [-0.2, 0) is 24.1 Å². The Morgan fingerprint density at radius 2 is 1.88 bits per heavy atom. The second kappa shape index (κ2) is 10.5. The fourth-order valence-corrected chi connectivity index (χ4v) is 4.38. The number of ether oxygens (including phenoxy) is 3. The summed E-state index contributed by atoms with van der Waals surface area (Å²) in [5, 5.41) is 8.26. The number of methoxy groups -OCH3 is 1. The smallest absolute Gasteiger partial charge is 0.364 e. The Hall–Kier alpha value is -3.35. The van der Waals surface area contributed by atoms with Gasteiger partial charge in [-0.05, 0) is 73.1 Å². The lowest BCUT2D eigenvalue weighted by atomic mass is 9.82. The van der Waals surface area contributed by atoms with Gasteiger partial charge in [-0.1, -0.05) is 43.2 Å². The van der Waals surface area contributed by atoms with Gasteiger partial charge in [0.25, 0.3) is 5.88 Å². The van der Waals surface area contributed by atoms with Crippen molar-refractivity contribution in [1.29, 1.82) is 0 Å². The predicted octanol–water partition coefficient (Wildman–Crippen LogP) is 5.21.